The molecule has 1 unspecified atom stereocenters. The van der Waals surface area contributed by atoms with Crippen LogP contribution in [0.15, 0.2) is 0 Å². The van der Waals surface area contributed by atoms with Gasteiger partial charge in [-0.25, -0.2) is 0 Å². The zero-order valence-corrected chi connectivity index (χ0v) is 9.68. The highest BCUT2D eigenvalue weighted by Crippen LogP contribution is 2.23. The van der Waals surface area contributed by atoms with Crippen molar-refractivity contribution in [1.82, 2.24) is 15.0 Å². The Morgan fingerprint density at radius 3 is 3.00 bits per heavy atom. The molecule has 0 amide bonds. The molecular formula is C9H13ClN4O2. The van der Waals surface area contributed by atoms with Gasteiger partial charge in [0.15, 0.2) is 0 Å². The molecule has 0 spiro atoms. The summed E-state index contributed by atoms with van der Waals surface area (Å²) in [4.78, 5) is 13.9. The van der Waals surface area contributed by atoms with Gasteiger partial charge in [-0.1, -0.05) is 0 Å². The summed E-state index contributed by atoms with van der Waals surface area (Å²) < 4.78 is 4.93. The van der Waals surface area contributed by atoms with E-state index in [9.17, 15) is 5.11 Å². The molecule has 1 aromatic rings. The van der Waals surface area contributed by atoms with Gasteiger partial charge in [0.05, 0.1) is 19.8 Å². The Kier molecular flexibility index (Phi) is 3.40. The van der Waals surface area contributed by atoms with E-state index in [4.69, 9.17) is 16.3 Å². The van der Waals surface area contributed by atoms with E-state index in [1.807, 2.05) is 4.90 Å². The summed E-state index contributed by atoms with van der Waals surface area (Å²) in [6, 6.07) is 0.252. The Hall–Kier alpha value is -1.14. The van der Waals surface area contributed by atoms with Crippen LogP contribution in [0.5, 0.6) is 6.01 Å². The molecule has 1 aliphatic heterocycles. The minimum absolute atomic E-state index is 0.0585. The lowest BCUT2D eigenvalue weighted by Crippen LogP contribution is -2.33. The number of rotatable bonds is 3. The van der Waals surface area contributed by atoms with Gasteiger partial charge < -0.3 is 14.7 Å². The molecule has 1 N–H and O–H groups in total. The molecule has 1 saturated heterocycles. The van der Waals surface area contributed by atoms with E-state index in [2.05, 4.69) is 15.0 Å². The van der Waals surface area contributed by atoms with Crippen molar-refractivity contribution in [2.75, 3.05) is 25.2 Å². The maximum Gasteiger partial charge on any atom is 0.322 e. The molecule has 1 atom stereocenters. The van der Waals surface area contributed by atoms with Gasteiger partial charge in [0.1, 0.15) is 0 Å². The maximum atomic E-state index is 9.22. The number of aromatic nitrogens is 3. The Morgan fingerprint density at radius 2 is 2.31 bits per heavy atom. The molecule has 2 heterocycles. The van der Waals surface area contributed by atoms with Crippen molar-refractivity contribution in [3.8, 4) is 6.01 Å². The van der Waals surface area contributed by atoms with Crippen molar-refractivity contribution < 1.29 is 9.84 Å². The molecule has 7 heteroatoms. The fourth-order valence-corrected chi connectivity index (χ4v) is 1.98. The third kappa shape index (κ3) is 2.17. The number of anilines is 1. The van der Waals surface area contributed by atoms with Crippen LogP contribution in [0.25, 0.3) is 0 Å². The van der Waals surface area contributed by atoms with Crippen molar-refractivity contribution in [3.63, 3.8) is 0 Å². The Morgan fingerprint density at radius 1 is 1.50 bits per heavy atom. The molecule has 0 saturated carbocycles. The van der Waals surface area contributed by atoms with Crippen molar-refractivity contribution >= 4 is 17.5 Å². The number of hydrogen-bond acceptors (Lipinski definition) is 6. The molecule has 1 aliphatic rings. The summed E-state index contributed by atoms with van der Waals surface area (Å²) in [5, 5.41) is 9.32. The summed E-state index contributed by atoms with van der Waals surface area (Å²) >= 11 is 5.77. The predicted octanol–water partition coefficient (Wildman–Crippen LogP) is 0.495. The third-order valence-corrected chi connectivity index (χ3v) is 2.77. The number of hydrogen-bond donors (Lipinski definition) is 1. The van der Waals surface area contributed by atoms with Gasteiger partial charge in [0.2, 0.25) is 11.2 Å². The van der Waals surface area contributed by atoms with E-state index < -0.39 is 0 Å². The lowest BCUT2D eigenvalue weighted by Gasteiger charge is -2.22. The van der Waals surface area contributed by atoms with E-state index in [-0.39, 0.29) is 23.9 Å². The van der Waals surface area contributed by atoms with Gasteiger partial charge in [-0.05, 0) is 24.4 Å². The normalized spacial score (nSPS) is 20.2. The van der Waals surface area contributed by atoms with Gasteiger partial charge in [0.25, 0.3) is 0 Å². The Bertz CT molecular complexity index is 377. The minimum atomic E-state index is 0.0585. The fraction of sp³-hybridized carbons (Fsp3) is 0.667. The van der Waals surface area contributed by atoms with E-state index in [0.29, 0.717) is 5.95 Å². The maximum absolute atomic E-state index is 9.22. The van der Waals surface area contributed by atoms with Crippen molar-refractivity contribution in [2.45, 2.75) is 18.9 Å². The number of halogens is 1. The highest BCUT2D eigenvalue weighted by atomic mass is 35.5. The van der Waals surface area contributed by atoms with Crippen molar-refractivity contribution in [3.05, 3.63) is 5.28 Å². The third-order valence-electron chi connectivity index (χ3n) is 2.60. The zero-order valence-electron chi connectivity index (χ0n) is 8.93. The van der Waals surface area contributed by atoms with Crippen LogP contribution in [0.2, 0.25) is 5.28 Å². The van der Waals surface area contributed by atoms with Gasteiger partial charge in [-0.15, -0.1) is 0 Å². The standard InChI is InChI=1S/C9H13ClN4O2/c1-16-9-12-7(10)11-8(13-9)14-4-2-3-6(14)5-15/h6,15H,2-5H2,1H3. The first-order chi connectivity index (χ1) is 7.74. The average molecular weight is 245 g/mol. The fourth-order valence-electron chi connectivity index (χ4n) is 1.83. The second-order valence-electron chi connectivity index (χ2n) is 3.56. The molecule has 0 bridgehead atoms. The van der Waals surface area contributed by atoms with E-state index in [1.165, 1.54) is 7.11 Å². The summed E-state index contributed by atoms with van der Waals surface area (Å²) in [7, 11) is 1.48. The van der Waals surface area contributed by atoms with Crippen LogP contribution in [0, 0.1) is 0 Å². The van der Waals surface area contributed by atoms with Gasteiger partial charge in [-0.2, -0.15) is 15.0 Å². The molecule has 1 aromatic heterocycles. The van der Waals surface area contributed by atoms with Gasteiger partial charge >= 0.3 is 6.01 Å². The largest absolute Gasteiger partial charge is 0.467 e. The number of aliphatic hydroxyl groups is 1. The lowest BCUT2D eigenvalue weighted by atomic mass is 10.2. The first kappa shape index (κ1) is 11.3. The summed E-state index contributed by atoms with van der Waals surface area (Å²) in [5.41, 5.74) is 0. The van der Waals surface area contributed by atoms with Crippen LogP contribution >= 0.6 is 11.6 Å². The molecule has 0 aromatic carbocycles. The molecule has 1 fully saturated rings. The van der Waals surface area contributed by atoms with Crippen LogP contribution < -0.4 is 9.64 Å². The van der Waals surface area contributed by atoms with Crippen molar-refractivity contribution in [1.29, 1.82) is 0 Å². The highest BCUT2D eigenvalue weighted by Gasteiger charge is 2.26. The highest BCUT2D eigenvalue weighted by molar-refractivity contribution is 6.28. The van der Waals surface area contributed by atoms with Crippen LogP contribution in [0.1, 0.15) is 12.8 Å². The summed E-state index contributed by atoms with van der Waals surface area (Å²) in [5.74, 6) is 0.466. The SMILES string of the molecule is COc1nc(Cl)nc(N2CCCC2CO)n1. The predicted molar refractivity (Wildman–Crippen MR) is 58.8 cm³/mol. The molecule has 0 radical (unpaired) electrons. The quantitative estimate of drug-likeness (QED) is 0.835. The Labute approximate surface area is 98.2 Å². The second kappa shape index (κ2) is 4.80. The minimum Gasteiger partial charge on any atom is -0.467 e. The molecule has 6 nitrogen and oxygen atoms in total. The van der Waals surface area contributed by atoms with E-state index in [1.54, 1.807) is 0 Å². The summed E-state index contributed by atoms with van der Waals surface area (Å²) in [6.45, 7) is 0.903. The number of aliphatic hydroxyl groups excluding tert-OH is 1. The second-order valence-corrected chi connectivity index (χ2v) is 3.90. The van der Waals surface area contributed by atoms with Gasteiger partial charge in [0, 0.05) is 6.54 Å². The van der Waals surface area contributed by atoms with E-state index >= 15 is 0 Å². The topological polar surface area (TPSA) is 71.4 Å². The Balaban J connectivity index is 2.28. The molecule has 2 rings (SSSR count). The van der Waals surface area contributed by atoms with Crippen LogP contribution in [0.4, 0.5) is 5.95 Å². The molecular weight excluding hydrogens is 232 g/mol. The number of nitrogens with zero attached hydrogens (tertiary/aromatic N) is 4. The molecule has 16 heavy (non-hydrogen) atoms. The number of ether oxygens (including phenoxy) is 1. The smallest absolute Gasteiger partial charge is 0.322 e. The summed E-state index contributed by atoms with van der Waals surface area (Å²) in [6.07, 6.45) is 1.94. The first-order valence-corrected chi connectivity index (χ1v) is 5.45. The van der Waals surface area contributed by atoms with Gasteiger partial charge in [-0.3, -0.25) is 0 Å². The van der Waals surface area contributed by atoms with Crippen molar-refractivity contribution in [2.24, 2.45) is 0 Å². The van der Waals surface area contributed by atoms with Crippen LogP contribution in [-0.4, -0.2) is 46.4 Å². The van der Waals surface area contributed by atoms with E-state index in [0.717, 1.165) is 19.4 Å². The lowest BCUT2D eigenvalue weighted by molar-refractivity contribution is 0.265. The number of methoxy groups -OCH3 is 1. The molecule has 88 valence electrons. The molecule has 0 aliphatic carbocycles. The zero-order chi connectivity index (χ0) is 11.5. The van der Waals surface area contributed by atoms with Crippen LogP contribution in [0.3, 0.4) is 0 Å². The average Bonchev–Trinajstić information content (AvgIpc) is 2.76. The monoisotopic (exact) mass is 244 g/mol. The van der Waals surface area contributed by atoms with Crippen LogP contribution in [-0.2, 0) is 0 Å². The first-order valence-electron chi connectivity index (χ1n) is 5.07.